The Kier molecular flexibility index (Phi) is 5.71. The summed E-state index contributed by atoms with van der Waals surface area (Å²) in [6, 6.07) is 10.3. The SMILES string of the molecule is O=C(NCCCOC1CCCC1)C1(c2ccccc2)CCCC1. The average molecular weight is 315 g/mol. The molecule has 0 unspecified atom stereocenters. The third-order valence-electron chi connectivity index (χ3n) is 5.48. The van der Waals surface area contributed by atoms with Gasteiger partial charge in [0.1, 0.15) is 0 Å². The Morgan fingerprint density at radius 2 is 1.78 bits per heavy atom. The van der Waals surface area contributed by atoms with Crippen molar-refractivity contribution in [1.82, 2.24) is 5.32 Å². The van der Waals surface area contributed by atoms with Crippen LogP contribution in [0.25, 0.3) is 0 Å². The summed E-state index contributed by atoms with van der Waals surface area (Å²) in [7, 11) is 0. The van der Waals surface area contributed by atoms with E-state index >= 15 is 0 Å². The van der Waals surface area contributed by atoms with Crippen LogP contribution in [-0.2, 0) is 14.9 Å². The number of amides is 1. The Bertz CT molecular complexity index is 488. The summed E-state index contributed by atoms with van der Waals surface area (Å²) >= 11 is 0. The van der Waals surface area contributed by atoms with E-state index in [2.05, 4.69) is 17.4 Å². The van der Waals surface area contributed by atoms with Crippen LogP contribution in [-0.4, -0.2) is 25.2 Å². The molecule has 1 aromatic carbocycles. The Hall–Kier alpha value is -1.35. The molecule has 1 N–H and O–H groups in total. The second-order valence-corrected chi connectivity index (χ2v) is 7.04. The summed E-state index contributed by atoms with van der Waals surface area (Å²) in [6.45, 7) is 1.49. The van der Waals surface area contributed by atoms with Gasteiger partial charge in [-0.25, -0.2) is 0 Å². The van der Waals surface area contributed by atoms with Gasteiger partial charge in [-0.2, -0.15) is 0 Å². The van der Waals surface area contributed by atoms with Gasteiger partial charge in [0.25, 0.3) is 0 Å². The molecule has 3 rings (SSSR count). The van der Waals surface area contributed by atoms with Crippen molar-refractivity contribution in [2.24, 2.45) is 0 Å². The van der Waals surface area contributed by atoms with E-state index in [9.17, 15) is 4.79 Å². The standard InChI is InChI=1S/C20H29NO2/c22-19(21-15-8-16-23-18-11-4-5-12-18)20(13-6-7-14-20)17-9-2-1-3-10-17/h1-3,9-10,18H,4-8,11-16H2,(H,21,22). The van der Waals surface area contributed by atoms with Crippen LogP contribution in [0.3, 0.4) is 0 Å². The third-order valence-corrected chi connectivity index (χ3v) is 5.48. The van der Waals surface area contributed by atoms with Gasteiger partial charge in [0.2, 0.25) is 5.91 Å². The van der Waals surface area contributed by atoms with Crippen LogP contribution in [0.4, 0.5) is 0 Å². The summed E-state index contributed by atoms with van der Waals surface area (Å²) in [5.74, 6) is 0.210. The molecule has 0 bridgehead atoms. The van der Waals surface area contributed by atoms with Crippen molar-refractivity contribution in [2.45, 2.75) is 69.3 Å². The quantitative estimate of drug-likeness (QED) is 0.773. The molecule has 0 saturated heterocycles. The number of nitrogens with one attached hydrogen (secondary N) is 1. The first-order chi connectivity index (χ1) is 11.3. The first kappa shape index (κ1) is 16.5. The lowest BCUT2D eigenvalue weighted by atomic mass is 9.78. The van der Waals surface area contributed by atoms with E-state index in [-0.39, 0.29) is 11.3 Å². The predicted octanol–water partition coefficient (Wildman–Crippen LogP) is 3.96. The van der Waals surface area contributed by atoms with E-state index in [0.717, 1.165) is 45.3 Å². The summed E-state index contributed by atoms with van der Waals surface area (Å²) in [5.41, 5.74) is 0.880. The number of hydrogen-bond donors (Lipinski definition) is 1. The van der Waals surface area contributed by atoms with Gasteiger partial charge in [0.15, 0.2) is 0 Å². The summed E-state index contributed by atoms with van der Waals surface area (Å²) in [5, 5.41) is 3.17. The first-order valence-corrected chi connectivity index (χ1v) is 9.27. The van der Waals surface area contributed by atoms with Gasteiger partial charge in [-0.05, 0) is 37.7 Å². The number of carbonyl (C=O) groups excluding carboxylic acids is 1. The van der Waals surface area contributed by atoms with Gasteiger partial charge < -0.3 is 10.1 Å². The molecule has 2 aliphatic rings. The van der Waals surface area contributed by atoms with Gasteiger partial charge in [-0.15, -0.1) is 0 Å². The van der Waals surface area contributed by atoms with Gasteiger partial charge in [0, 0.05) is 13.2 Å². The zero-order valence-corrected chi connectivity index (χ0v) is 14.1. The maximum absolute atomic E-state index is 12.8. The maximum atomic E-state index is 12.8. The van der Waals surface area contributed by atoms with Crippen molar-refractivity contribution in [3.63, 3.8) is 0 Å². The lowest BCUT2D eigenvalue weighted by Crippen LogP contribution is -2.43. The van der Waals surface area contributed by atoms with Crippen LogP contribution < -0.4 is 5.32 Å². The smallest absolute Gasteiger partial charge is 0.230 e. The second-order valence-electron chi connectivity index (χ2n) is 7.04. The minimum Gasteiger partial charge on any atom is -0.378 e. The predicted molar refractivity (Wildman–Crippen MR) is 92.4 cm³/mol. The molecular formula is C20H29NO2. The van der Waals surface area contributed by atoms with E-state index in [1.165, 1.54) is 31.2 Å². The Balaban J connectivity index is 1.47. The molecule has 0 atom stereocenters. The van der Waals surface area contributed by atoms with Crippen LogP contribution in [0.15, 0.2) is 30.3 Å². The summed E-state index contributed by atoms with van der Waals surface area (Å²) < 4.78 is 5.87. The van der Waals surface area contributed by atoms with Crippen LogP contribution in [0, 0.1) is 0 Å². The molecule has 0 spiro atoms. The van der Waals surface area contributed by atoms with Crippen molar-refractivity contribution in [3.05, 3.63) is 35.9 Å². The lowest BCUT2D eigenvalue weighted by Gasteiger charge is -2.28. The molecule has 0 aromatic heterocycles. The van der Waals surface area contributed by atoms with Gasteiger partial charge in [0.05, 0.1) is 11.5 Å². The maximum Gasteiger partial charge on any atom is 0.230 e. The Morgan fingerprint density at radius 3 is 2.48 bits per heavy atom. The molecule has 23 heavy (non-hydrogen) atoms. The zero-order chi connectivity index (χ0) is 16.0. The Morgan fingerprint density at radius 1 is 1.09 bits per heavy atom. The van der Waals surface area contributed by atoms with E-state index in [1.54, 1.807) is 0 Å². The summed E-state index contributed by atoms with van der Waals surface area (Å²) in [4.78, 5) is 12.8. The molecular weight excluding hydrogens is 286 g/mol. The number of benzene rings is 1. The molecule has 0 radical (unpaired) electrons. The van der Waals surface area contributed by atoms with Gasteiger partial charge >= 0.3 is 0 Å². The highest BCUT2D eigenvalue weighted by molar-refractivity contribution is 5.88. The zero-order valence-electron chi connectivity index (χ0n) is 14.1. The van der Waals surface area contributed by atoms with Crippen LogP contribution in [0.5, 0.6) is 0 Å². The topological polar surface area (TPSA) is 38.3 Å². The van der Waals surface area contributed by atoms with Crippen molar-refractivity contribution in [1.29, 1.82) is 0 Å². The van der Waals surface area contributed by atoms with Gasteiger partial charge in [-0.3, -0.25) is 4.79 Å². The fourth-order valence-electron chi connectivity index (χ4n) is 4.13. The monoisotopic (exact) mass is 315 g/mol. The lowest BCUT2D eigenvalue weighted by molar-refractivity contribution is -0.126. The normalized spacial score (nSPS) is 20.7. The van der Waals surface area contributed by atoms with Crippen molar-refractivity contribution < 1.29 is 9.53 Å². The van der Waals surface area contributed by atoms with Crippen LogP contribution in [0.1, 0.15) is 63.4 Å². The molecule has 0 aliphatic heterocycles. The van der Waals surface area contributed by atoms with E-state index < -0.39 is 0 Å². The molecule has 3 nitrogen and oxygen atoms in total. The molecule has 2 aliphatic carbocycles. The van der Waals surface area contributed by atoms with E-state index in [0.29, 0.717) is 6.10 Å². The van der Waals surface area contributed by atoms with Gasteiger partial charge in [-0.1, -0.05) is 56.0 Å². The number of rotatable bonds is 7. The minimum absolute atomic E-state index is 0.210. The van der Waals surface area contributed by atoms with Crippen molar-refractivity contribution in [3.8, 4) is 0 Å². The van der Waals surface area contributed by atoms with Crippen molar-refractivity contribution >= 4 is 5.91 Å². The largest absolute Gasteiger partial charge is 0.378 e. The third kappa shape index (κ3) is 3.95. The highest BCUT2D eigenvalue weighted by Crippen LogP contribution is 2.41. The number of ether oxygens (including phenoxy) is 1. The molecule has 3 heteroatoms. The summed E-state index contributed by atoms with van der Waals surface area (Å²) in [6.07, 6.45) is 10.7. The molecule has 1 amide bonds. The average Bonchev–Trinajstić information content (AvgIpc) is 3.27. The minimum atomic E-state index is -0.298. The molecule has 126 valence electrons. The Labute approximate surface area is 139 Å². The molecule has 2 fully saturated rings. The van der Waals surface area contributed by atoms with Crippen LogP contribution in [0.2, 0.25) is 0 Å². The van der Waals surface area contributed by atoms with Crippen molar-refractivity contribution in [2.75, 3.05) is 13.2 Å². The van der Waals surface area contributed by atoms with E-state index in [4.69, 9.17) is 4.74 Å². The first-order valence-electron chi connectivity index (χ1n) is 9.27. The highest BCUT2D eigenvalue weighted by Gasteiger charge is 2.42. The molecule has 1 aromatic rings. The fourth-order valence-corrected chi connectivity index (χ4v) is 4.13. The molecule has 0 heterocycles. The highest BCUT2D eigenvalue weighted by atomic mass is 16.5. The molecule has 2 saturated carbocycles. The van der Waals surface area contributed by atoms with Crippen LogP contribution >= 0.6 is 0 Å². The van der Waals surface area contributed by atoms with E-state index in [1.807, 2.05) is 18.2 Å². The number of hydrogen-bond acceptors (Lipinski definition) is 2. The fraction of sp³-hybridized carbons (Fsp3) is 0.650. The number of carbonyl (C=O) groups is 1. The second kappa shape index (κ2) is 7.96.